The van der Waals surface area contributed by atoms with E-state index >= 15 is 0 Å². The van der Waals surface area contributed by atoms with Gasteiger partial charge in [-0.1, -0.05) is 13.8 Å². The predicted octanol–water partition coefficient (Wildman–Crippen LogP) is 3.93. The van der Waals surface area contributed by atoms with Gasteiger partial charge in [0.15, 0.2) is 17.1 Å². The number of benzene rings is 1. The minimum absolute atomic E-state index is 0.0334. The molecule has 0 saturated heterocycles. The van der Waals surface area contributed by atoms with Crippen molar-refractivity contribution in [1.82, 2.24) is 4.98 Å². The third kappa shape index (κ3) is 2.05. The van der Waals surface area contributed by atoms with Crippen LogP contribution in [0, 0.1) is 5.92 Å². The fraction of sp³-hybridized carbons (Fsp3) is 0.200. The van der Waals surface area contributed by atoms with E-state index in [1.165, 1.54) is 0 Å². The Morgan fingerprint density at radius 1 is 1.26 bits per heavy atom. The molecule has 96 valence electrons. The molecule has 0 saturated carbocycles. The monoisotopic (exact) mass is 255 g/mol. The fourth-order valence-electron chi connectivity index (χ4n) is 1.92. The van der Waals surface area contributed by atoms with E-state index in [1.807, 2.05) is 13.8 Å². The van der Waals surface area contributed by atoms with Gasteiger partial charge in [0, 0.05) is 11.5 Å². The second-order valence-electron chi connectivity index (χ2n) is 4.70. The highest BCUT2D eigenvalue weighted by atomic mass is 16.4. The highest BCUT2D eigenvalue weighted by Gasteiger charge is 2.14. The first-order valence-electron chi connectivity index (χ1n) is 6.14. The van der Waals surface area contributed by atoms with Gasteiger partial charge >= 0.3 is 0 Å². The van der Waals surface area contributed by atoms with E-state index in [2.05, 4.69) is 4.98 Å². The van der Waals surface area contributed by atoms with Crippen molar-refractivity contribution in [1.29, 1.82) is 0 Å². The zero-order chi connectivity index (χ0) is 13.4. The lowest BCUT2D eigenvalue weighted by molar-refractivity contribution is 0.0939. The number of oxazole rings is 1. The van der Waals surface area contributed by atoms with E-state index < -0.39 is 0 Å². The summed E-state index contributed by atoms with van der Waals surface area (Å²) in [6, 6.07) is 8.85. The fourth-order valence-corrected chi connectivity index (χ4v) is 1.92. The van der Waals surface area contributed by atoms with Crippen LogP contribution < -0.4 is 0 Å². The van der Waals surface area contributed by atoms with Crippen LogP contribution in [0.25, 0.3) is 22.8 Å². The summed E-state index contributed by atoms with van der Waals surface area (Å²) in [4.78, 5) is 16.3. The number of carbonyl (C=O) groups is 1. The Morgan fingerprint density at radius 2 is 2.11 bits per heavy atom. The van der Waals surface area contributed by atoms with E-state index in [9.17, 15) is 4.79 Å². The molecule has 0 spiro atoms. The molecule has 0 aliphatic heterocycles. The molecule has 1 aromatic carbocycles. The summed E-state index contributed by atoms with van der Waals surface area (Å²) < 4.78 is 10.8. The molecular weight excluding hydrogens is 242 g/mol. The molecule has 0 fully saturated rings. The molecule has 2 aromatic heterocycles. The summed E-state index contributed by atoms with van der Waals surface area (Å²) in [5.74, 6) is 1.07. The number of hydrogen-bond acceptors (Lipinski definition) is 4. The normalized spacial score (nSPS) is 11.3. The Balaban J connectivity index is 2.07. The molecule has 3 rings (SSSR count). The Kier molecular flexibility index (Phi) is 2.71. The molecular formula is C15H13NO3. The summed E-state index contributed by atoms with van der Waals surface area (Å²) >= 11 is 0. The third-order valence-electron chi connectivity index (χ3n) is 2.93. The van der Waals surface area contributed by atoms with E-state index in [0.717, 1.165) is 0 Å². The maximum atomic E-state index is 11.9. The Bertz CT molecular complexity index is 723. The number of rotatable bonds is 3. The van der Waals surface area contributed by atoms with E-state index in [0.29, 0.717) is 28.3 Å². The highest BCUT2D eigenvalue weighted by Crippen LogP contribution is 2.25. The summed E-state index contributed by atoms with van der Waals surface area (Å²) in [6.45, 7) is 3.76. The van der Waals surface area contributed by atoms with Crippen molar-refractivity contribution in [2.75, 3.05) is 0 Å². The van der Waals surface area contributed by atoms with Crippen LogP contribution in [0.5, 0.6) is 0 Å². The number of carbonyl (C=O) groups excluding carboxylic acids is 1. The number of ketones is 1. The molecule has 0 aliphatic carbocycles. The lowest BCUT2D eigenvalue weighted by atomic mass is 10.0. The Labute approximate surface area is 110 Å². The van der Waals surface area contributed by atoms with Gasteiger partial charge in [-0.2, -0.15) is 0 Å². The molecule has 3 aromatic rings. The predicted molar refractivity (Wildman–Crippen MR) is 70.9 cm³/mol. The second-order valence-corrected chi connectivity index (χ2v) is 4.70. The van der Waals surface area contributed by atoms with Gasteiger partial charge in [0.1, 0.15) is 5.52 Å². The van der Waals surface area contributed by atoms with Gasteiger partial charge in [-0.3, -0.25) is 4.79 Å². The zero-order valence-corrected chi connectivity index (χ0v) is 10.7. The summed E-state index contributed by atoms with van der Waals surface area (Å²) in [6.07, 6.45) is 1.57. The quantitative estimate of drug-likeness (QED) is 0.665. The molecule has 19 heavy (non-hydrogen) atoms. The first kappa shape index (κ1) is 11.7. The number of nitrogens with zero attached hydrogens (tertiary/aromatic N) is 1. The standard InChI is InChI=1S/C15H13NO3/c1-9(2)14(17)10-5-6-12-11(8-10)16-15(19-12)13-4-3-7-18-13/h3-9H,1-2H3. The van der Waals surface area contributed by atoms with Gasteiger partial charge < -0.3 is 8.83 Å². The van der Waals surface area contributed by atoms with Crippen molar-refractivity contribution in [2.24, 2.45) is 5.92 Å². The molecule has 0 amide bonds. The van der Waals surface area contributed by atoms with Crippen molar-refractivity contribution in [3.63, 3.8) is 0 Å². The second kappa shape index (κ2) is 4.39. The molecule has 4 heteroatoms. The molecule has 0 atom stereocenters. The first-order chi connectivity index (χ1) is 9.15. The van der Waals surface area contributed by atoms with Crippen LogP contribution in [0.3, 0.4) is 0 Å². The van der Waals surface area contributed by atoms with Gasteiger partial charge in [-0.05, 0) is 30.3 Å². The third-order valence-corrected chi connectivity index (χ3v) is 2.93. The smallest absolute Gasteiger partial charge is 0.263 e. The highest BCUT2D eigenvalue weighted by molar-refractivity contribution is 5.99. The van der Waals surface area contributed by atoms with Gasteiger partial charge in [0.25, 0.3) is 5.89 Å². The maximum absolute atomic E-state index is 11.9. The van der Waals surface area contributed by atoms with E-state index in [1.54, 1.807) is 36.6 Å². The number of aromatic nitrogens is 1. The topological polar surface area (TPSA) is 56.2 Å². The maximum Gasteiger partial charge on any atom is 0.263 e. The molecule has 0 bridgehead atoms. The molecule has 4 nitrogen and oxygen atoms in total. The number of hydrogen-bond donors (Lipinski definition) is 0. The van der Waals surface area contributed by atoms with Crippen LogP contribution in [0.4, 0.5) is 0 Å². The van der Waals surface area contributed by atoms with Crippen LogP contribution in [-0.4, -0.2) is 10.8 Å². The summed E-state index contributed by atoms with van der Waals surface area (Å²) in [7, 11) is 0. The van der Waals surface area contributed by atoms with Crippen molar-refractivity contribution in [2.45, 2.75) is 13.8 Å². The Hall–Kier alpha value is -2.36. The van der Waals surface area contributed by atoms with Crippen LogP contribution in [0.1, 0.15) is 24.2 Å². The minimum atomic E-state index is -0.0334. The molecule has 0 N–H and O–H groups in total. The SMILES string of the molecule is CC(C)C(=O)c1ccc2oc(-c3ccco3)nc2c1. The minimum Gasteiger partial charge on any atom is -0.459 e. The van der Waals surface area contributed by atoms with Gasteiger partial charge in [-0.15, -0.1) is 0 Å². The van der Waals surface area contributed by atoms with Crippen LogP contribution in [0.2, 0.25) is 0 Å². The van der Waals surface area contributed by atoms with Crippen molar-refractivity contribution >= 4 is 16.9 Å². The average Bonchev–Trinajstić information content (AvgIpc) is 3.05. The lowest BCUT2D eigenvalue weighted by Crippen LogP contribution is -2.06. The van der Waals surface area contributed by atoms with Crippen molar-refractivity contribution in [3.05, 3.63) is 42.2 Å². The van der Waals surface area contributed by atoms with Crippen LogP contribution >= 0.6 is 0 Å². The van der Waals surface area contributed by atoms with Crippen LogP contribution in [0.15, 0.2) is 45.4 Å². The van der Waals surface area contributed by atoms with E-state index in [-0.39, 0.29) is 11.7 Å². The lowest BCUT2D eigenvalue weighted by Gasteiger charge is -2.02. The molecule has 0 unspecified atom stereocenters. The molecule has 2 heterocycles. The summed E-state index contributed by atoms with van der Waals surface area (Å²) in [5, 5.41) is 0. The number of fused-ring (bicyclic) bond motifs is 1. The zero-order valence-electron chi connectivity index (χ0n) is 10.7. The number of Topliss-reactive ketones (excluding diaryl/α,β-unsaturated/α-hetero) is 1. The average molecular weight is 255 g/mol. The van der Waals surface area contributed by atoms with Crippen molar-refractivity contribution in [3.8, 4) is 11.7 Å². The Morgan fingerprint density at radius 3 is 2.79 bits per heavy atom. The number of furan rings is 1. The van der Waals surface area contributed by atoms with Gasteiger partial charge in [-0.25, -0.2) is 4.98 Å². The molecule has 0 radical (unpaired) electrons. The largest absolute Gasteiger partial charge is 0.459 e. The molecule has 0 aliphatic rings. The summed E-state index contributed by atoms with van der Waals surface area (Å²) in [5.41, 5.74) is 1.96. The van der Waals surface area contributed by atoms with E-state index in [4.69, 9.17) is 8.83 Å². The van der Waals surface area contributed by atoms with Gasteiger partial charge in [0.05, 0.1) is 6.26 Å². The first-order valence-corrected chi connectivity index (χ1v) is 6.14. The van der Waals surface area contributed by atoms with Crippen LogP contribution in [-0.2, 0) is 0 Å². The van der Waals surface area contributed by atoms with Gasteiger partial charge in [0.2, 0.25) is 0 Å². The van der Waals surface area contributed by atoms with Crippen molar-refractivity contribution < 1.29 is 13.6 Å².